The van der Waals surface area contributed by atoms with Gasteiger partial charge in [0.15, 0.2) is 0 Å². The summed E-state index contributed by atoms with van der Waals surface area (Å²) in [5.41, 5.74) is 2.80. The van der Waals surface area contributed by atoms with Gasteiger partial charge in [0.1, 0.15) is 6.61 Å². The highest BCUT2D eigenvalue weighted by molar-refractivity contribution is 5.59. The summed E-state index contributed by atoms with van der Waals surface area (Å²) in [6.45, 7) is 4.07. The van der Waals surface area contributed by atoms with Gasteiger partial charge in [0.2, 0.25) is 0 Å². The maximum Gasteiger partial charge on any atom is 0.508 e. The van der Waals surface area contributed by atoms with Crippen LogP contribution in [0, 0.1) is 0 Å². The second-order valence-corrected chi connectivity index (χ2v) is 5.88. The Kier molecular flexibility index (Phi) is 7.01. The summed E-state index contributed by atoms with van der Waals surface area (Å²) in [4.78, 5) is 11.2. The summed E-state index contributed by atoms with van der Waals surface area (Å²) in [7, 11) is 0. The average molecular weight is 302 g/mol. The molecule has 1 fully saturated rings. The lowest BCUT2D eigenvalue weighted by Gasteiger charge is -2.22. The van der Waals surface area contributed by atoms with Crippen molar-refractivity contribution in [2.75, 3.05) is 13.2 Å². The van der Waals surface area contributed by atoms with Crippen LogP contribution < -0.4 is 0 Å². The topological polar surface area (TPSA) is 35.5 Å². The van der Waals surface area contributed by atoms with E-state index in [1.807, 2.05) is 0 Å². The number of hydrogen-bond donors (Lipinski definition) is 0. The predicted octanol–water partition coefficient (Wildman–Crippen LogP) is 5.01. The quantitative estimate of drug-likeness (QED) is 0.403. The van der Waals surface area contributed by atoms with Crippen LogP contribution in [0.25, 0.3) is 0 Å². The molecule has 3 nitrogen and oxygen atoms in total. The fourth-order valence-corrected chi connectivity index (χ4v) is 3.04. The number of benzene rings is 1. The van der Waals surface area contributed by atoms with E-state index in [0.717, 1.165) is 18.8 Å². The molecule has 0 N–H and O–H groups in total. The van der Waals surface area contributed by atoms with Crippen molar-refractivity contribution >= 4 is 6.16 Å². The molecule has 0 heterocycles. The Balaban J connectivity index is 1.73. The van der Waals surface area contributed by atoms with Crippen molar-refractivity contribution in [3.05, 3.63) is 48.0 Å². The Morgan fingerprint density at radius 2 is 2.05 bits per heavy atom. The third-order valence-corrected chi connectivity index (χ3v) is 4.18. The summed E-state index contributed by atoms with van der Waals surface area (Å²) in [6.07, 6.45) is 9.39. The fraction of sp³-hybridized carbons (Fsp3) is 0.526. The first-order valence-electron chi connectivity index (χ1n) is 8.29. The number of rotatable bonds is 7. The van der Waals surface area contributed by atoms with Crippen LogP contribution in [0.4, 0.5) is 4.79 Å². The van der Waals surface area contributed by atoms with Crippen molar-refractivity contribution in [3.8, 4) is 0 Å². The number of ether oxygens (including phenoxy) is 2. The van der Waals surface area contributed by atoms with E-state index in [4.69, 9.17) is 9.47 Å². The molecular weight excluding hydrogens is 276 g/mol. The molecular formula is C19H26O3. The van der Waals surface area contributed by atoms with E-state index in [9.17, 15) is 4.79 Å². The molecule has 0 spiro atoms. The van der Waals surface area contributed by atoms with Crippen LogP contribution in [0.5, 0.6) is 0 Å². The van der Waals surface area contributed by atoms with Gasteiger partial charge in [0.25, 0.3) is 0 Å². The second-order valence-electron chi connectivity index (χ2n) is 5.88. The average Bonchev–Trinajstić information content (AvgIpc) is 2.58. The lowest BCUT2D eigenvalue weighted by atomic mass is 9.83. The zero-order valence-electron chi connectivity index (χ0n) is 13.3. The van der Waals surface area contributed by atoms with Crippen molar-refractivity contribution in [1.82, 2.24) is 0 Å². The molecule has 1 aromatic carbocycles. The molecule has 1 saturated carbocycles. The summed E-state index contributed by atoms with van der Waals surface area (Å²) in [5, 5.41) is 0. The zero-order chi connectivity index (χ0) is 15.6. The number of aryl methyl sites for hydroxylation is 1. The Bertz CT molecular complexity index is 475. The van der Waals surface area contributed by atoms with Crippen molar-refractivity contribution in [1.29, 1.82) is 0 Å². The minimum absolute atomic E-state index is 0.197. The third-order valence-electron chi connectivity index (χ3n) is 4.18. The van der Waals surface area contributed by atoms with Crippen molar-refractivity contribution in [3.63, 3.8) is 0 Å². The first kappa shape index (κ1) is 16.6. The van der Waals surface area contributed by atoms with Gasteiger partial charge in [-0.05, 0) is 42.7 Å². The lowest BCUT2D eigenvalue weighted by molar-refractivity contribution is 0.0625. The Hall–Kier alpha value is -1.77. The fourth-order valence-electron chi connectivity index (χ4n) is 3.04. The molecule has 22 heavy (non-hydrogen) atoms. The number of carbonyl (C=O) groups is 1. The van der Waals surface area contributed by atoms with Gasteiger partial charge in [-0.1, -0.05) is 56.2 Å². The van der Waals surface area contributed by atoms with Crippen molar-refractivity contribution < 1.29 is 14.3 Å². The van der Waals surface area contributed by atoms with E-state index in [1.165, 1.54) is 49.3 Å². The molecule has 1 aliphatic carbocycles. The Morgan fingerprint density at radius 3 is 2.82 bits per heavy atom. The smallest absolute Gasteiger partial charge is 0.434 e. The molecule has 0 aliphatic heterocycles. The summed E-state index contributed by atoms with van der Waals surface area (Å²) in [5.74, 6) is 0.735. The molecule has 1 aromatic rings. The van der Waals surface area contributed by atoms with Crippen LogP contribution in [-0.2, 0) is 15.9 Å². The van der Waals surface area contributed by atoms with Crippen LogP contribution in [-0.4, -0.2) is 19.4 Å². The predicted molar refractivity (Wildman–Crippen MR) is 88.1 cm³/mol. The molecule has 0 radical (unpaired) electrons. The van der Waals surface area contributed by atoms with Crippen LogP contribution in [0.15, 0.2) is 36.9 Å². The van der Waals surface area contributed by atoms with E-state index in [-0.39, 0.29) is 6.61 Å². The lowest BCUT2D eigenvalue weighted by Crippen LogP contribution is -2.09. The molecule has 0 amide bonds. The maximum absolute atomic E-state index is 11.2. The second kappa shape index (κ2) is 9.29. The highest BCUT2D eigenvalue weighted by Crippen LogP contribution is 2.32. The van der Waals surface area contributed by atoms with E-state index in [2.05, 4.69) is 30.8 Å². The normalized spacial score (nSPS) is 15.3. The van der Waals surface area contributed by atoms with Gasteiger partial charge in [-0.25, -0.2) is 4.79 Å². The van der Waals surface area contributed by atoms with Gasteiger partial charge in [0, 0.05) is 0 Å². The van der Waals surface area contributed by atoms with Crippen LogP contribution in [0.3, 0.4) is 0 Å². The molecule has 3 heteroatoms. The van der Waals surface area contributed by atoms with Crippen LogP contribution >= 0.6 is 0 Å². The summed E-state index contributed by atoms with van der Waals surface area (Å²) < 4.78 is 9.77. The molecule has 0 saturated heterocycles. The Morgan fingerprint density at radius 1 is 1.23 bits per heavy atom. The minimum Gasteiger partial charge on any atom is -0.434 e. The van der Waals surface area contributed by atoms with Gasteiger partial charge in [-0.15, -0.1) is 0 Å². The SMILES string of the molecule is C=CCOC(=O)OCCCc1cccc(C2CCCCC2)c1. The van der Waals surface area contributed by atoms with Crippen LogP contribution in [0.2, 0.25) is 0 Å². The first-order valence-corrected chi connectivity index (χ1v) is 8.29. The van der Waals surface area contributed by atoms with Gasteiger partial charge >= 0.3 is 6.16 Å². The molecule has 120 valence electrons. The molecule has 2 rings (SSSR count). The first-order chi connectivity index (χ1) is 10.8. The maximum atomic E-state index is 11.2. The Labute approximate surface area is 133 Å². The molecule has 1 aliphatic rings. The highest BCUT2D eigenvalue weighted by Gasteiger charge is 2.15. The van der Waals surface area contributed by atoms with E-state index in [1.54, 1.807) is 0 Å². The number of hydrogen-bond acceptors (Lipinski definition) is 3. The number of carbonyl (C=O) groups excluding carboxylic acids is 1. The van der Waals surface area contributed by atoms with E-state index >= 15 is 0 Å². The van der Waals surface area contributed by atoms with E-state index in [0.29, 0.717) is 6.61 Å². The van der Waals surface area contributed by atoms with Gasteiger partial charge < -0.3 is 9.47 Å². The van der Waals surface area contributed by atoms with Gasteiger partial charge in [0.05, 0.1) is 6.61 Å². The van der Waals surface area contributed by atoms with Gasteiger partial charge in [-0.3, -0.25) is 0 Å². The van der Waals surface area contributed by atoms with Gasteiger partial charge in [-0.2, -0.15) is 0 Å². The van der Waals surface area contributed by atoms with Crippen molar-refractivity contribution in [2.45, 2.75) is 50.9 Å². The third kappa shape index (κ3) is 5.55. The van der Waals surface area contributed by atoms with Crippen LogP contribution in [0.1, 0.15) is 55.6 Å². The minimum atomic E-state index is -0.615. The molecule has 0 bridgehead atoms. The largest absolute Gasteiger partial charge is 0.508 e. The zero-order valence-corrected chi connectivity index (χ0v) is 13.3. The molecule has 0 unspecified atom stereocenters. The molecule has 0 atom stereocenters. The standard InChI is InChI=1S/C19H26O3/c1-2-13-21-19(20)22-14-7-9-16-8-6-12-18(15-16)17-10-4-3-5-11-17/h2,6,8,12,15,17H,1,3-5,7,9-11,13-14H2. The van der Waals surface area contributed by atoms with Crippen molar-refractivity contribution in [2.24, 2.45) is 0 Å². The highest BCUT2D eigenvalue weighted by atomic mass is 16.7. The van der Waals surface area contributed by atoms with E-state index < -0.39 is 6.16 Å². The summed E-state index contributed by atoms with van der Waals surface area (Å²) in [6, 6.07) is 8.88. The monoisotopic (exact) mass is 302 g/mol. The summed E-state index contributed by atoms with van der Waals surface area (Å²) >= 11 is 0. The molecule has 0 aromatic heterocycles.